The summed E-state index contributed by atoms with van der Waals surface area (Å²) in [5, 5.41) is 21.7. The van der Waals surface area contributed by atoms with Crippen LogP contribution in [0.15, 0.2) is 127 Å². The number of carbonyl (C=O) groups is 1. The van der Waals surface area contributed by atoms with Gasteiger partial charge in [0, 0.05) is 6.07 Å². The van der Waals surface area contributed by atoms with Crippen molar-refractivity contribution in [1.29, 1.82) is 0 Å². The van der Waals surface area contributed by atoms with Crippen LogP contribution in [0.25, 0.3) is 10.9 Å². The van der Waals surface area contributed by atoms with E-state index in [0.29, 0.717) is 16.6 Å². The number of aliphatic hydroxyl groups excluding tert-OH is 1. The maximum Gasteiger partial charge on any atom is 0.320 e. The molecule has 1 unspecified atom stereocenters. The summed E-state index contributed by atoms with van der Waals surface area (Å²) in [7, 11) is 0. The van der Waals surface area contributed by atoms with Crippen LogP contribution < -0.4 is 16.4 Å². The third-order valence-corrected chi connectivity index (χ3v) is 7.70. The van der Waals surface area contributed by atoms with Crippen LogP contribution in [-0.4, -0.2) is 25.9 Å². The van der Waals surface area contributed by atoms with E-state index in [1.807, 2.05) is 96.5 Å². The predicted molar refractivity (Wildman–Crippen MR) is 169 cm³/mol. The summed E-state index contributed by atoms with van der Waals surface area (Å²) in [6.07, 6.45) is 0. The fourth-order valence-electron chi connectivity index (χ4n) is 5.75. The van der Waals surface area contributed by atoms with Gasteiger partial charge in [0.1, 0.15) is 11.4 Å². The maximum absolute atomic E-state index is 13.1. The molecule has 214 valence electrons. The standard InChI is InChI=1S/C35H32N6O2/c1-24(25-14-6-2-7-15-25)37-34(43)39-31-22-30-32(29(23-42)38-31)33(36)40-41(30)35(26-16-8-3-9-17-26,27-18-10-4-11-19-27)28-20-12-5-13-21-28/h2-22,24,42H,23H2,1H3,(H2,36,40)(H2,37,38,39,43). The Bertz CT molecular complexity index is 1750. The van der Waals surface area contributed by atoms with E-state index >= 15 is 0 Å². The summed E-state index contributed by atoms with van der Waals surface area (Å²) >= 11 is 0. The molecule has 8 nitrogen and oxygen atoms in total. The number of anilines is 2. The van der Waals surface area contributed by atoms with Crippen molar-refractivity contribution < 1.29 is 9.90 Å². The lowest BCUT2D eigenvalue weighted by Crippen LogP contribution is -2.38. The molecule has 0 radical (unpaired) electrons. The number of aliphatic hydroxyl groups is 1. The number of nitrogen functional groups attached to an aromatic ring is 1. The Balaban J connectivity index is 1.55. The summed E-state index contributed by atoms with van der Waals surface area (Å²) in [5.74, 6) is 0.492. The van der Waals surface area contributed by atoms with Crippen LogP contribution >= 0.6 is 0 Å². The van der Waals surface area contributed by atoms with E-state index in [9.17, 15) is 9.90 Å². The Morgan fingerprint density at radius 2 is 1.33 bits per heavy atom. The first kappa shape index (κ1) is 27.7. The number of urea groups is 1. The third-order valence-electron chi connectivity index (χ3n) is 7.70. The average molecular weight is 569 g/mol. The molecule has 0 saturated carbocycles. The van der Waals surface area contributed by atoms with Gasteiger partial charge in [0.15, 0.2) is 5.82 Å². The second kappa shape index (κ2) is 11.8. The maximum atomic E-state index is 13.1. The number of hydrogen-bond donors (Lipinski definition) is 4. The first-order valence-corrected chi connectivity index (χ1v) is 14.1. The Morgan fingerprint density at radius 3 is 1.81 bits per heavy atom. The summed E-state index contributed by atoms with van der Waals surface area (Å²) in [6, 6.07) is 41.1. The molecule has 5 N–H and O–H groups in total. The first-order chi connectivity index (χ1) is 21.0. The molecule has 2 heterocycles. The highest BCUT2D eigenvalue weighted by Gasteiger charge is 2.41. The van der Waals surface area contributed by atoms with Crippen LogP contribution in [0.4, 0.5) is 16.4 Å². The van der Waals surface area contributed by atoms with Crippen LogP contribution in [-0.2, 0) is 12.1 Å². The summed E-state index contributed by atoms with van der Waals surface area (Å²) in [5.41, 5.74) is 10.4. The lowest BCUT2D eigenvalue weighted by atomic mass is 9.77. The highest BCUT2D eigenvalue weighted by atomic mass is 16.3. The second-order valence-corrected chi connectivity index (χ2v) is 10.3. The van der Waals surface area contributed by atoms with E-state index in [1.54, 1.807) is 6.07 Å². The minimum atomic E-state index is -0.949. The molecule has 0 fully saturated rings. The van der Waals surface area contributed by atoms with E-state index in [1.165, 1.54) is 0 Å². The topological polar surface area (TPSA) is 118 Å². The van der Waals surface area contributed by atoms with Gasteiger partial charge >= 0.3 is 6.03 Å². The van der Waals surface area contributed by atoms with Crippen molar-refractivity contribution in [3.63, 3.8) is 0 Å². The minimum Gasteiger partial charge on any atom is -0.390 e. The molecule has 0 aliphatic heterocycles. The van der Waals surface area contributed by atoms with E-state index < -0.39 is 11.6 Å². The average Bonchev–Trinajstić information content (AvgIpc) is 3.39. The van der Waals surface area contributed by atoms with Crippen molar-refractivity contribution in [1.82, 2.24) is 20.1 Å². The summed E-state index contributed by atoms with van der Waals surface area (Å²) in [6.45, 7) is 1.52. The van der Waals surface area contributed by atoms with Crippen molar-refractivity contribution in [3.8, 4) is 0 Å². The van der Waals surface area contributed by atoms with Gasteiger partial charge in [0.05, 0.1) is 29.2 Å². The van der Waals surface area contributed by atoms with Gasteiger partial charge in [-0.2, -0.15) is 5.10 Å². The molecule has 4 aromatic carbocycles. The zero-order valence-electron chi connectivity index (χ0n) is 23.7. The third kappa shape index (κ3) is 5.09. The molecule has 0 saturated heterocycles. The van der Waals surface area contributed by atoms with Crippen LogP contribution in [0.5, 0.6) is 0 Å². The number of aromatic nitrogens is 3. The Morgan fingerprint density at radius 1 is 0.837 bits per heavy atom. The molecule has 0 aliphatic carbocycles. The van der Waals surface area contributed by atoms with Crippen molar-refractivity contribution >= 4 is 28.6 Å². The molecule has 43 heavy (non-hydrogen) atoms. The first-order valence-electron chi connectivity index (χ1n) is 14.1. The minimum absolute atomic E-state index is 0.229. The molecule has 0 bridgehead atoms. The molecule has 0 spiro atoms. The van der Waals surface area contributed by atoms with Crippen molar-refractivity contribution in [3.05, 3.63) is 155 Å². The van der Waals surface area contributed by atoms with Crippen molar-refractivity contribution in [2.24, 2.45) is 0 Å². The number of rotatable bonds is 8. The number of pyridine rings is 1. The zero-order chi connectivity index (χ0) is 29.8. The fourth-order valence-corrected chi connectivity index (χ4v) is 5.75. The molecule has 6 aromatic rings. The highest BCUT2D eigenvalue weighted by molar-refractivity contribution is 5.96. The molecule has 2 aromatic heterocycles. The van der Waals surface area contributed by atoms with Gasteiger partial charge in [-0.15, -0.1) is 0 Å². The van der Waals surface area contributed by atoms with Gasteiger partial charge in [-0.3, -0.25) is 5.32 Å². The van der Waals surface area contributed by atoms with Crippen LogP contribution in [0.3, 0.4) is 0 Å². The molecule has 2 amide bonds. The Kier molecular flexibility index (Phi) is 7.59. The van der Waals surface area contributed by atoms with E-state index in [4.69, 9.17) is 10.8 Å². The molecule has 1 atom stereocenters. The van der Waals surface area contributed by atoms with Gasteiger partial charge in [0.25, 0.3) is 0 Å². The van der Waals surface area contributed by atoms with Gasteiger partial charge in [0.2, 0.25) is 0 Å². The van der Waals surface area contributed by atoms with E-state index in [-0.39, 0.29) is 24.3 Å². The van der Waals surface area contributed by atoms with Crippen LogP contribution in [0, 0.1) is 0 Å². The second-order valence-electron chi connectivity index (χ2n) is 10.3. The largest absolute Gasteiger partial charge is 0.390 e. The van der Waals surface area contributed by atoms with Gasteiger partial charge in [-0.25, -0.2) is 14.5 Å². The molecular weight excluding hydrogens is 536 g/mol. The van der Waals surface area contributed by atoms with Crippen LogP contribution in [0.2, 0.25) is 0 Å². The van der Waals surface area contributed by atoms with Crippen LogP contribution in [0.1, 0.15) is 40.9 Å². The van der Waals surface area contributed by atoms with E-state index in [0.717, 1.165) is 22.3 Å². The lowest BCUT2D eigenvalue weighted by Gasteiger charge is -2.37. The number of fused-ring (bicyclic) bond motifs is 1. The fraction of sp³-hybridized carbons (Fsp3) is 0.114. The number of nitrogens with zero attached hydrogens (tertiary/aromatic N) is 3. The van der Waals surface area contributed by atoms with Crippen molar-refractivity contribution in [2.75, 3.05) is 11.1 Å². The Hall–Kier alpha value is -5.47. The zero-order valence-corrected chi connectivity index (χ0v) is 23.7. The highest BCUT2D eigenvalue weighted by Crippen LogP contribution is 2.43. The normalized spacial score (nSPS) is 12.1. The quantitative estimate of drug-likeness (QED) is 0.162. The molecule has 0 aliphatic rings. The molecule has 8 heteroatoms. The monoisotopic (exact) mass is 568 g/mol. The van der Waals surface area contributed by atoms with Gasteiger partial charge < -0.3 is 16.2 Å². The van der Waals surface area contributed by atoms with E-state index in [2.05, 4.69) is 52.0 Å². The summed E-state index contributed by atoms with van der Waals surface area (Å²) in [4.78, 5) is 17.7. The number of nitrogens with one attached hydrogen (secondary N) is 2. The number of nitrogens with two attached hydrogens (primary N) is 1. The van der Waals surface area contributed by atoms with Crippen molar-refractivity contribution in [2.45, 2.75) is 25.1 Å². The summed E-state index contributed by atoms with van der Waals surface area (Å²) < 4.78 is 1.88. The number of carbonyl (C=O) groups excluding carboxylic acids is 1. The molecular formula is C35H32N6O2. The van der Waals surface area contributed by atoms with Gasteiger partial charge in [-0.1, -0.05) is 121 Å². The molecule has 6 rings (SSSR count). The van der Waals surface area contributed by atoms with Gasteiger partial charge in [-0.05, 0) is 29.2 Å². The number of benzene rings is 4. The SMILES string of the molecule is CC(NC(=O)Nc1cc2c(c(N)nn2C(c2ccccc2)(c2ccccc2)c2ccccc2)c(CO)n1)c1ccccc1. The smallest absolute Gasteiger partial charge is 0.320 e. The lowest BCUT2D eigenvalue weighted by molar-refractivity contribution is 0.249. The number of amides is 2. The Labute approximate surface area is 249 Å². The predicted octanol–water partition coefficient (Wildman–Crippen LogP) is 6.23. The number of hydrogen-bond acceptors (Lipinski definition) is 5.